The Labute approximate surface area is 181 Å². The molecule has 0 amide bonds. The van der Waals surface area contributed by atoms with Crippen LogP contribution in [0.5, 0.6) is 17.2 Å². The van der Waals surface area contributed by atoms with E-state index in [1.54, 1.807) is 7.11 Å². The van der Waals surface area contributed by atoms with E-state index in [1.165, 1.54) is 16.4 Å². The molecule has 0 atom stereocenters. The second-order valence-corrected chi connectivity index (χ2v) is 8.19. The van der Waals surface area contributed by atoms with Crippen molar-refractivity contribution in [2.24, 2.45) is 0 Å². The van der Waals surface area contributed by atoms with Gasteiger partial charge in [0.15, 0.2) is 5.82 Å². The van der Waals surface area contributed by atoms with E-state index in [0.29, 0.717) is 29.3 Å². The highest BCUT2D eigenvalue weighted by Gasteiger charge is 2.13. The van der Waals surface area contributed by atoms with Crippen LogP contribution < -0.4 is 20.1 Å². The summed E-state index contributed by atoms with van der Waals surface area (Å²) in [7, 11) is 1.64. The average Bonchev–Trinajstić information content (AvgIpc) is 3.09. The molecule has 1 aromatic heterocycles. The van der Waals surface area contributed by atoms with Crippen molar-refractivity contribution < 1.29 is 14.2 Å². The third kappa shape index (κ3) is 5.60. The molecule has 0 aliphatic rings. The molecular formula is C22H28N4O3S. The van der Waals surface area contributed by atoms with Gasteiger partial charge in [-0.1, -0.05) is 37.7 Å². The summed E-state index contributed by atoms with van der Waals surface area (Å²) in [5.74, 6) is 10.2. The van der Waals surface area contributed by atoms with E-state index in [-0.39, 0.29) is 6.61 Å². The van der Waals surface area contributed by atoms with Gasteiger partial charge >= 0.3 is 0 Å². The Morgan fingerprint density at radius 3 is 2.47 bits per heavy atom. The average molecular weight is 429 g/mol. The van der Waals surface area contributed by atoms with Gasteiger partial charge in [-0.05, 0) is 54.3 Å². The van der Waals surface area contributed by atoms with Crippen LogP contribution in [0.25, 0.3) is 0 Å². The summed E-state index contributed by atoms with van der Waals surface area (Å²) in [5.41, 5.74) is 2.31. The summed E-state index contributed by atoms with van der Waals surface area (Å²) >= 11 is 1.49. The van der Waals surface area contributed by atoms with E-state index in [2.05, 4.69) is 36.2 Å². The molecule has 0 saturated carbocycles. The molecule has 0 saturated heterocycles. The van der Waals surface area contributed by atoms with Crippen LogP contribution in [0.1, 0.15) is 36.7 Å². The van der Waals surface area contributed by atoms with Crippen LogP contribution in [0.2, 0.25) is 0 Å². The third-order valence-electron chi connectivity index (χ3n) is 4.53. The predicted octanol–water partition coefficient (Wildman–Crippen LogP) is 4.18. The van der Waals surface area contributed by atoms with Crippen molar-refractivity contribution in [1.29, 1.82) is 0 Å². The third-order valence-corrected chi connectivity index (χ3v) is 5.43. The Kier molecular flexibility index (Phi) is 7.46. The maximum absolute atomic E-state index is 6.16. The zero-order valence-corrected chi connectivity index (χ0v) is 18.6. The number of nitrogens with two attached hydrogens (primary N) is 1. The lowest BCUT2D eigenvalue weighted by atomic mass is 10.0. The minimum atomic E-state index is 0.260. The highest BCUT2D eigenvalue weighted by atomic mass is 32.2. The summed E-state index contributed by atoms with van der Waals surface area (Å²) in [5, 5.41) is 8.97. The number of nitrogens with zero attached hydrogens (tertiary/aromatic N) is 3. The zero-order valence-electron chi connectivity index (χ0n) is 17.8. The quantitative estimate of drug-likeness (QED) is 0.294. The molecule has 160 valence electrons. The van der Waals surface area contributed by atoms with Gasteiger partial charge in [-0.15, -0.1) is 10.2 Å². The van der Waals surface area contributed by atoms with Gasteiger partial charge in [-0.2, -0.15) is 0 Å². The van der Waals surface area contributed by atoms with Crippen molar-refractivity contribution >= 4 is 11.8 Å². The summed E-state index contributed by atoms with van der Waals surface area (Å²) in [6.45, 7) is 7.12. The fraction of sp³-hybridized carbons (Fsp3) is 0.364. The second-order valence-electron chi connectivity index (χ2n) is 7.13. The lowest BCUT2D eigenvalue weighted by molar-refractivity contribution is 0.287. The van der Waals surface area contributed by atoms with Crippen LogP contribution in [0, 0.1) is 6.92 Å². The van der Waals surface area contributed by atoms with Crippen molar-refractivity contribution in [1.82, 2.24) is 14.9 Å². The Morgan fingerprint density at radius 2 is 1.77 bits per heavy atom. The predicted molar refractivity (Wildman–Crippen MR) is 119 cm³/mol. The highest BCUT2D eigenvalue weighted by Crippen LogP contribution is 2.28. The molecule has 30 heavy (non-hydrogen) atoms. The van der Waals surface area contributed by atoms with Crippen LogP contribution >= 0.6 is 11.8 Å². The van der Waals surface area contributed by atoms with Gasteiger partial charge in [0.25, 0.3) is 0 Å². The first kappa shape index (κ1) is 21.8. The van der Waals surface area contributed by atoms with Crippen molar-refractivity contribution in [3.05, 3.63) is 59.4 Å². The van der Waals surface area contributed by atoms with Gasteiger partial charge in [-0.25, -0.2) is 4.68 Å². The first-order chi connectivity index (χ1) is 14.5. The largest absolute Gasteiger partial charge is 0.497 e. The number of benzene rings is 2. The van der Waals surface area contributed by atoms with E-state index in [1.807, 2.05) is 37.3 Å². The lowest BCUT2D eigenvalue weighted by Gasteiger charge is -2.14. The van der Waals surface area contributed by atoms with E-state index in [9.17, 15) is 0 Å². The molecule has 7 nitrogen and oxygen atoms in total. The number of rotatable bonds is 10. The standard InChI is InChI=1S/C22H28N4O3S/c1-15(2)19-10-5-16(3)13-20(19)29-14-21-24-25-22(26(21)23)30-12-11-28-18-8-6-17(27-4)7-9-18/h5-10,13,15H,11-12,14,23H2,1-4H3. The molecule has 0 bridgehead atoms. The van der Waals surface area contributed by atoms with E-state index in [4.69, 9.17) is 20.1 Å². The van der Waals surface area contributed by atoms with Gasteiger partial charge in [0, 0.05) is 5.75 Å². The molecular weight excluding hydrogens is 400 g/mol. The SMILES string of the molecule is COc1ccc(OCCSc2nnc(COc3cc(C)ccc3C(C)C)n2N)cc1. The van der Waals surface area contributed by atoms with Crippen LogP contribution in [-0.2, 0) is 6.61 Å². The Balaban J connectivity index is 1.51. The number of aromatic nitrogens is 3. The molecule has 2 aromatic carbocycles. The molecule has 0 spiro atoms. The number of ether oxygens (including phenoxy) is 3. The lowest BCUT2D eigenvalue weighted by Crippen LogP contribution is -2.16. The van der Waals surface area contributed by atoms with Crippen molar-refractivity contribution in [2.75, 3.05) is 25.3 Å². The molecule has 0 unspecified atom stereocenters. The van der Waals surface area contributed by atoms with Crippen LogP contribution in [-0.4, -0.2) is 34.3 Å². The molecule has 8 heteroatoms. The Bertz CT molecular complexity index is 958. The molecule has 0 aliphatic carbocycles. The van der Waals surface area contributed by atoms with Crippen LogP contribution in [0.4, 0.5) is 0 Å². The second kappa shape index (κ2) is 10.2. The van der Waals surface area contributed by atoms with Crippen molar-refractivity contribution in [3.63, 3.8) is 0 Å². The summed E-state index contributed by atoms with van der Waals surface area (Å²) < 4.78 is 18.4. The molecule has 1 heterocycles. The monoisotopic (exact) mass is 428 g/mol. The fourth-order valence-electron chi connectivity index (χ4n) is 2.85. The molecule has 3 rings (SSSR count). The zero-order chi connectivity index (χ0) is 21.5. The smallest absolute Gasteiger partial charge is 0.210 e. The number of hydrogen-bond acceptors (Lipinski definition) is 7. The Morgan fingerprint density at radius 1 is 1.03 bits per heavy atom. The number of aryl methyl sites for hydroxylation is 1. The van der Waals surface area contributed by atoms with Gasteiger partial charge in [0.1, 0.15) is 23.9 Å². The normalized spacial score (nSPS) is 11.0. The minimum absolute atomic E-state index is 0.260. The summed E-state index contributed by atoms with van der Waals surface area (Å²) in [6.07, 6.45) is 0. The molecule has 3 aromatic rings. The summed E-state index contributed by atoms with van der Waals surface area (Å²) in [6, 6.07) is 13.7. The first-order valence-electron chi connectivity index (χ1n) is 9.80. The fourth-order valence-corrected chi connectivity index (χ4v) is 3.55. The maximum Gasteiger partial charge on any atom is 0.210 e. The molecule has 2 N–H and O–H groups in total. The number of hydrogen-bond donors (Lipinski definition) is 1. The summed E-state index contributed by atoms with van der Waals surface area (Å²) in [4.78, 5) is 0. The van der Waals surface area contributed by atoms with Gasteiger partial charge in [0.05, 0.1) is 13.7 Å². The highest BCUT2D eigenvalue weighted by molar-refractivity contribution is 7.99. The van der Waals surface area contributed by atoms with Crippen LogP contribution in [0.3, 0.4) is 0 Å². The van der Waals surface area contributed by atoms with Crippen molar-refractivity contribution in [3.8, 4) is 17.2 Å². The minimum Gasteiger partial charge on any atom is -0.497 e. The van der Waals surface area contributed by atoms with Crippen molar-refractivity contribution in [2.45, 2.75) is 38.5 Å². The topological polar surface area (TPSA) is 84.4 Å². The number of methoxy groups -OCH3 is 1. The molecule has 0 radical (unpaired) electrons. The van der Waals surface area contributed by atoms with E-state index >= 15 is 0 Å². The maximum atomic E-state index is 6.16. The van der Waals surface area contributed by atoms with Crippen LogP contribution in [0.15, 0.2) is 47.6 Å². The molecule has 0 fully saturated rings. The van der Waals surface area contributed by atoms with E-state index < -0.39 is 0 Å². The molecule has 0 aliphatic heterocycles. The van der Waals surface area contributed by atoms with Gasteiger partial charge in [0.2, 0.25) is 5.16 Å². The Hall–Kier alpha value is -2.87. The van der Waals surface area contributed by atoms with Gasteiger partial charge < -0.3 is 20.1 Å². The number of thioether (sulfide) groups is 1. The van der Waals surface area contributed by atoms with E-state index in [0.717, 1.165) is 28.4 Å². The van der Waals surface area contributed by atoms with Gasteiger partial charge in [-0.3, -0.25) is 0 Å². The first-order valence-corrected chi connectivity index (χ1v) is 10.8. The number of nitrogen functional groups attached to an aromatic ring is 1.